The predicted molar refractivity (Wildman–Crippen MR) is 61.0 cm³/mol. The summed E-state index contributed by atoms with van der Waals surface area (Å²) in [5.41, 5.74) is -0.501. The Labute approximate surface area is 96.3 Å². The minimum atomic E-state index is -1.29. The van der Waals surface area contributed by atoms with Crippen molar-refractivity contribution in [1.82, 2.24) is 5.32 Å². The Hall–Kier alpha value is -0.745. The lowest BCUT2D eigenvalue weighted by molar-refractivity contribution is 0.0505. The van der Waals surface area contributed by atoms with Crippen molar-refractivity contribution in [3.8, 4) is 0 Å². The molecule has 0 saturated heterocycles. The predicted octanol–water partition coefficient (Wildman–Crippen LogP) is 0.907. The number of ether oxygens (including phenoxy) is 1. The third-order valence-electron chi connectivity index (χ3n) is 2.62. The van der Waals surface area contributed by atoms with Crippen molar-refractivity contribution in [3.05, 3.63) is 0 Å². The van der Waals surface area contributed by atoms with Crippen LogP contribution in [0, 0.1) is 0 Å². The molecule has 0 aromatic heterocycles. The molecule has 6 heteroatoms. The number of hydrogen-bond donors (Lipinski definition) is 3. The first-order valence-corrected chi connectivity index (χ1v) is 5.63. The van der Waals surface area contributed by atoms with Crippen LogP contribution in [-0.4, -0.2) is 34.9 Å². The van der Waals surface area contributed by atoms with Crippen LogP contribution in [0.25, 0.3) is 0 Å². The lowest BCUT2D eigenvalue weighted by Crippen LogP contribution is -2.38. The topological polar surface area (TPSA) is 78.8 Å². The molecule has 0 radical (unpaired) electrons. The minimum Gasteiger partial charge on any atom is -0.444 e. The Morgan fingerprint density at radius 1 is 1.38 bits per heavy atom. The zero-order chi connectivity index (χ0) is 12.3. The molecule has 0 spiro atoms. The molecular formula is C10H20BNO4. The molecule has 2 unspecified atom stereocenters. The number of carbonyl (C=O) groups excluding carboxylic acids is 1. The highest BCUT2D eigenvalue weighted by Crippen LogP contribution is 2.31. The average molecular weight is 229 g/mol. The van der Waals surface area contributed by atoms with Crippen LogP contribution in [0.4, 0.5) is 4.79 Å². The molecule has 92 valence electrons. The first-order valence-electron chi connectivity index (χ1n) is 5.63. The lowest BCUT2D eigenvalue weighted by atomic mass is 9.72. The maximum absolute atomic E-state index is 11.4. The van der Waals surface area contributed by atoms with Crippen molar-refractivity contribution in [2.75, 3.05) is 0 Å². The van der Waals surface area contributed by atoms with Gasteiger partial charge in [-0.05, 0) is 45.9 Å². The quantitative estimate of drug-likeness (QED) is 0.615. The molecule has 0 aromatic carbocycles. The average Bonchev–Trinajstić information content (AvgIpc) is 2.48. The third-order valence-corrected chi connectivity index (χ3v) is 2.62. The van der Waals surface area contributed by atoms with E-state index in [-0.39, 0.29) is 11.9 Å². The van der Waals surface area contributed by atoms with Crippen molar-refractivity contribution in [2.24, 2.45) is 0 Å². The number of hydrogen-bond acceptors (Lipinski definition) is 4. The van der Waals surface area contributed by atoms with Gasteiger partial charge in [0.1, 0.15) is 5.60 Å². The van der Waals surface area contributed by atoms with Gasteiger partial charge in [0.2, 0.25) is 0 Å². The second-order valence-corrected chi connectivity index (χ2v) is 5.33. The first-order chi connectivity index (χ1) is 7.28. The molecule has 3 N–H and O–H groups in total. The molecule has 0 bridgehead atoms. The van der Waals surface area contributed by atoms with E-state index in [1.807, 2.05) is 20.8 Å². The standard InChI is InChI=1S/C10H20BNO4/c1-10(2,3)16-9(13)12-8-5-4-7(6-8)11(14)15/h7-8,14-15H,4-6H2,1-3H3,(H,12,13). The molecule has 1 saturated carbocycles. The van der Waals surface area contributed by atoms with Crippen LogP contribution in [0.5, 0.6) is 0 Å². The Morgan fingerprint density at radius 3 is 2.44 bits per heavy atom. The van der Waals surface area contributed by atoms with Crippen LogP contribution < -0.4 is 5.32 Å². The van der Waals surface area contributed by atoms with E-state index in [9.17, 15) is 4.79 Å². The SMILES string of the molecule is CC(C)(C)OC(=O)NC1CCC(B(O)O)C1. The van der Waals surface area contributed by atoms with E-state index in [4.69, 9.17) is 14.8 Å². The third kappa shape index (κ3) is 4.41. The van der Waals surface area contributed by atoms with Gasteiger partial charge in [0, 0.05) is 6.04 Å². The molecule has 0 aromatic rings. The second kappa shape index (κ2) is 5.06. The van der Waals surface area contributed by atoms with Gasteiger partial charge >= 0.3 is 13.2 Å². The Morgan fingerprint density at radius 2 is 2.00 bits per heavy atom. The lowest BCUT2D eigenvalue weighted by Gasteiger charge is -2.21. The summed E-state index contributed by atoms with van der Waals surface area (Å²) in [4.78, 5) is 11.4. The maximum Gasteiger partial charge on any atom is 0.454 e. The van der Waals surface area contributed by atoms with Gasteiger partial charge in [-0.1, -0.05) is 0 Å². The van der Waals surface area contributed by atoms with E-state index in [2.05, 4.69) is 5.32 Å². The monoisotopic (exact) mass is 229 g/mol. The van der Waals surface area contributed by atoms with E-state index in [1.165, 1.54) is 0 Å². The smallest absolute Gasteiger partial charge is 0.444 e. The van der Waals surface area contributed by atoms with Crippen molar-refractivity contribution < 1.29 is 19.6 Å². The van der Waals surface area contributed by atoms with Crippen LogP contribution in [0.15, 0.2) is 0 Å². The van der Waals surface area contributed by atoms with Crippen LogP contribution in [0.1, 0.15) is 40.0 Å². The number of carbonyl (C=O) groups is 1. The minimum absolute atomic E-state index is 0.0124. The van der Waals surface area contributed by atoms with Crippen LogP contribution in [0.2, 0.25) is 5.82 Å². The maximum atomic E-state index is 11.4. The summed E-state index contributed by atoms with van der Waals surface area (Å²) in [5.74, 6) is -0.139. The summed E-state index contributed by atoms with van der Waals surface area (Å²) in [5, 5.41) is 20.7. The molecule has 0 aliphatic heterocycles. The highest BCUT2D eigenvalue weighted by atomic mass is 16.6. The summed E-state index contributed by atoms with van der Waals surface area (Å²) in [6.07, 6.45) is 1.64. The molecule has 5 nitrogen and oxygen atoms in total. The summed E-state index contributed by atoms with van der Waals surface area (Å²) in [6.45, 7) is 5.42. The normalized spacial score (nSPS) is 25.3. The highest BCUT2D eigenvalue weighted by Gasteiger charge is 2.33. The second-order valence-electron chi connectivity index (χ2n) is 5.33. The fraction of sp³-hybridized carbons (Fsp3) is 0.900. The molecule has 1 rings (SSSR count). The summed E-state index contributed by atoms with van der Waals surface area (Å²) in [7, 11) is -1.29. The Kier molecular flexibility index (Phi) is 4.21. The van der Waals surface area contributed by atoms with Crippen molar-refractivity contribution in [3.63, 3.8) is 0 Å². The molecular weight excluding hydrogens is 209 g/mol. The van der Waals surface area contributed by atoms with E-state index in [0.717, 1.165) is 12.8 Å². The fourth-order valence-electron chi connectivity index (χ4n) is 1.89. The molecule has 1 amide bonds. The zero-order valence-corrected chi connectivity index (χ0v) is 10.1. The molecule has 1 aliphatic carbocycles. The van der Waals surface area contributed by atoms with Crippen LogP contribution in [-0.2, 0) is 4.74 Å². The van der Waals surface area contributed by atoms with Crippen LogP contribution >= 0.6 is 0 Å². The van der Waals surface area contributed by atoms with E-state index in [1.54, 1.807) is 0 Å². The largest absolute Gasteiger partial charge is 0.454 e. The van der Waals surface area contributed by atoms with E-state index in [0.29, 0.717) is 6.42 Å². The van der Waals surface area contributed by atoms with Gasteiger partial charge < -0.3 is 20.1 Å². The van der Waals surface area contributed by atoms with Gasteiger partial charge in [-0.3, -0.25) is 0 Å². The highest BCUT2D eigenvalue weighted by molar-refractivity contribution is 6.43. The summed E-state index contributed by atoms with van der Waals surface area (Å²) in [6, 6.07) is -0.0124. The number of rotatable bonds is 2. The Bertz CT molecular complexity index is 252. The van der Waals surface area contributed by atoms with Crippen molar-refractivity contribution >= 4 is 13.2 Å². The molecule has 1 aliphatic rings. The van der Waals surface area contributed by atoms with E-state index >= 15 is 0 Å². The number of amides is 1. The zero-order valence-electron chi connectivity index (χ0n) is 10.1. The van der Waals surface area contributed by atoms with Gasteiger partial charge in [0.05, 0.1) is 0 Å². The number of nitrogens with one attached hydrogen (secondary N) is 1. The summed E-state index contributed by atoms with van der Waals surface area (Å²) >= 11 is 0. The van der Waals surface area contributed by atoms with Gasteiger partial charge in [0.25, 0.3) is 0 Å². The fourth-order valence-corrected chi connectivity index (χ4v) is 1.89. The van der Waals surface area contributed by atoms with Crippen molar-refractivity contribution in [1.29, 1.82) is 0 Å². The summed E-state index contributed by atoms with van der Waals surface area (Å²) < 4.78 is 5.12. The van der Waals surface area contributed by atoms with Gasteiger partial charge in [-0.2, -0.15) is 0 Å². The van der Waals surface area contributed by atoms with E-state index < -0.39 is 18.8 Å². The number of alkyl carbamates (subject to hydrolysis) is 1. The first kappa shape index (κ1) is 13.3. The molecule has 16 heavy (non-hydrogen) atoms. The molecule has 1 fully saturated rings. The van der Waals surface area contributed by atoms with Gasteiger partial charge in [0.15, 0.2) is 0 Å². The molecule has 0 heterocycles. The van der Waals surface area contributed by atoms with Gasteiger partial charge in [-0.25, -0.2) is 4.79 Å². The molecule has 2 atom stereocenters. The Balaban J connectivity index is 2.32. The van der Waals surface area contributed by atoms with Crippen LogP contribution in [0.3, 0.4) is 0 Å². The van der Waals surface area contributed by atoms with Gasteiger partial charge in [-0.15, -0.1) is 0 Å². The van der Waals surface area contributed by atoms with Crippen molar-refractivity contribution in [2.45, 2.75) is 57.5 Å².